The fourth-order valence-electron chi connectivity index (χ4n) is 1.53. The second-order valence-corrected chi connectivity index (χ2v) is 7.91. The molecule has 2 atom stereocenters. The maximum absolute atomic E-state index is 14.0. The van der Waals surface area contributed by atoms with E-state index in [1.165, 1.54) is 4.74 Å². The number of sulfone groups is 1. The summed E-state index contributed by atoms with van der Waals surface area (Å²) in [5.74, 6) is -30.5. The first-order valence-electron chi connectivity index (χ1n) is 7.26. The molecule has 0 amide bonds. The van der Waals surface area contributed by atoms with E-state index in [0.29, 0.717) is 0 Å². The number of hydrogen-bond acceptors (Lipinski definition) is 5. The molecule has 0 heterocycles. The number of rotatable bonds is 10. The smallest absolute Gasteiger partial charge is 0.292 e. The Morgan fingerprint density at radius 3 is 1.29 bits per heavy atom. The molecule has 0 aliphatic heterocycles. The lowest BCUT2D eigenvalue weighted by molar-refractivity contribution is -0.548. The summed E-state index contributed by atoms with van der Waals surface area (Å²) in [6.07, 6.45) is -39.4. The molecule has 0 saturated heterocycles. The molecule has 0 rings (SSSR count). The minimum atomic E-state index is -8.22. The summed E-state index contributed by atoms with van der Waals surface area (Å²) in [5.41, 5.74) is 0. The van der Waals surface area contributed by atoms with Gasteiger partial charge < -0.3 is 0 Å². The molecule has 0 spiro atoms. The third-order valence-electron chi connectivity index (χ3n) is 3.24. The molecule has 210 valence electrons. The van der Waals surface area contributed by atoms with E-state index in [2.05, 4.69) is 0 Å². The number of ketones is 1. The second kappa shape index (κ2) is 8.99. The van der Waals surface area contributed by atoms with Gasteiger partial charge >= 0.3 is 48.4 Å². The molecular formula is C11H4F18O5S. The molecule has 0 saturated carbocycles. The van der Waals surface area contributed by atoms with E-state index in [4.69, 9.17) is 0 Å². The Balaban J connectivity index is 6.85. The Bertz CT molecular complexity index is 888. The van der Waals surface area contributed by atoms with E-state index in [-0.39, 0.29) is 0 Å². The molecule has 0 aliphatic carbocycles. The van der Waals surface area contributed by atoms with Crippen molar-refractivity contribution in [3.63, 3.8) is 0 Å². The molecule has 35 heavy (non-hydrogen) atoms. The van der Waals surface area contributed by atoms with E-state index in [0.717, 1.165) is 0 Å². The quantitative estimate of drug-likeness (QED) is 0.343. The molecule has 0 N–H and O–H groups in total. The zero-order valence-corrected chi connectivity index (χ0v) is 16.0. The number of carbonyl (C=O) groups excluding carboxylic acids is 1. The number of halogens is 18. The fraction of sp³-hybridized carbons (Fsp3) is 0.909. The van der Waals surface area contributed by atoms with Gasteiger partial charge in [0.15, 0.2) is 15.8 Å². The van der Waals surface area contributed by atoms with Crippen LogP contribution in [0.2, 0.25) is 0 Å². The van der Waals surface area contributed by atoms with E-state index in [1.54, 1.807) is 4.74 Å². The van der Waals surface area contributed by atoms with Gasteiger partial charge in [-0.25, -0.2) is 12.8 Å². The van der Waals surface area contributed by atoms with Crippen molar-refractivity contribution in [1.82, 2.24) is 0 Å². The molecular weight excluding hydrogens is 586 g/mol. The minimum absolute atomic E-state index is 1.21. The average Bonchev–Trinajstić information content (AvgIpc) is 2.57. The van der Waals surface area contributed by atoms with E-state index < -0.39 is 75.8 Å². The van der Waals surface area contributed by atoms with Crippen molar-refractivity contribution in [2.24, 2.45) is 0 Å². The zero-order valence-electron chi connectivity index (χ0n) is 15.2. The Hall–Kier alpha value is -1.72. The summed E-state index contributed by atoms with van der Waals surface area (Å²) in [5, 5.41) is 0. The Morgan fingerprint density at radius 2 is 1.00 bits per heavy atom. The lowest BCUT2D eigenvalue weighted by Crippen LogP contribution is -2.68. The van der Waals surface area contributed by atoms with Crippen molar-refractivity contribution in [3.8, 4) is 0 Å². The van der Waals surface area contributed by atoms with Gasteiger partial charge in [-0.15, -0.1) is 0 Å². The van der Waals surface area contributed by atoms with Crippen LogP contribution in [0, 0.1) is 0 Å². The third kappa shape index (κ3) is 6.17. The topological polar surface area (TPSA) is 69.7 Å². The van der Waals surface area contributed by atoms with Crippen LogP contribution in [0.3, 0.4) is 0 Å². The minimum Gasteiger partial charge on any atom is -0.292 e. The van der Waals surface area contributed by atoms with E-state index in [1.807, 2.05) is 0 Å². The van der Waals surface area contributed by atoms with Gasteiger partial charge in [-0.1, -0.05) is 0 Å². The molecule has 0 aromatic heterocycles. The van der Waals surface area contributed by atoms with Gasteiger partial charge in [0.05, 0.1) is 0 Å². The van der Waals surface area contributed by atoms with Crippen LogP contribution in [0.5, 0.6) is 0 Å². The standard InChI is InChI=1S/C11H4F18O5S/c12-2-35(31,32)1-3(30)4(13,7(17,18)19)33-11(28,29)6(16,9(23,24)25)34-10(26,27)5(14,15)8(20,21)22/h1-2H2. The lowest BCUT2D eigenvalue weighted by Gasteiger charge is -2.40. The Kier molecular flexibility index (Phi) is 8.55. The summed E-state index contributed by atoms with van der Waals surface area (Å²) < 4.78 is 255. The van der Waals surface area contributed by atoms with Gasteiger partial charge in [0.1, 0.15) is 5.75 Å². The molecule has 24 heteroatoms. The summed E-state index contributed by atoms with van der Waals surface area (Å²) in [6, 6.07) is -2.85. The highest BCUT2D eigenvalue weighted by Gasteiger charge is 2.85. The molecule has 0 aliphatic rings. The van der Waals surface area contributed by atoms with Crippen LogP contribution < -0.4 is 0 Å². The summed E-state index contributed by atoms with van der Waals surface area (Å²) in [7, 11) is -5.82. The van der Waals surface area contributed by atoms with Crippen molar-refractivity contribution in [3.05, 3.63) is 0 Å². The van der Waals surface area contributed by atoms with Crippen molar-refractivity contribution in [2.45, 2.75) is 48.4 Å². The zero-order chi connectivity index (χ0) is 28.9. The number of hydrogen-bond donors (Lipinski definition) is 0. The van der Waals surface area contributed by atoms with E-state index in [9.17, 15) is 92.2 Å². The van der Waals surface area contributed by atoms with Crippen molar-refractivity contribution in [1.29, 1.82) is 0 Å². The molecule has 5 nitrogen and oxygen atoms in total. The molecule has 0 radical (unpaired) electrons. The third-order valence-corrected chi connectivity index (χ3v) is 4.27. The van der Waals surface area contributed by atoms with Gasteiger partial charge in [0.2, 0.25) is 5.78 Å². The normalized spacial score (nSPS) is 18.7. The van der Waals surface area contributed by atoms with Crippen LogP contribution in [0.15, 0.2) is 0 Å². The predicted molar refractivity (Wildman–Crippen MR) is 67.6 cm³/mol. The number of ether oxygens (including phenoxy) is 2. The highest BCUT2D eigenvalue weighted by atomic mass is 32.2. The second-order valence-electron chi connectivity index (χ2n) is 5.92. The highest BCUT2D eigenvalue weighted by molar-refractivity contribution is 7.91. The van der Waals surface area contributed by atoms with E-state index >= 15 is 0 Å². The summed E-state index contributed by atoms with van der Waals surface area (Å²) >= 11 is 0. The largest absolute Gasteiger partial charge is 0.462 e. The van der Waals surface area contributed by atoms with Crippen LogP contribution >= 0.6 is 0 Å². The maximum Gasteiger partial charge on any atom is 0.462 e. The van der Waals surface area contributed by atoms with Gasteiger partial charge in [-0.3, -0.25) is 14.3 Å². The van der Waals surface area contributed by atoms with Crippen LogP contribution in [0.1, 0.15) is 0 Å². The monoisotopic (exact) mass is 590 g/mol. The molecule has 0 aromatic carbocycles. The van der Waals surface area contributed by atoms with Gasteiger partial charge in [0, 0.05) is 0 Å². The number of alkyl halides is 18. The van der Waals surface area contributed by atoms with Crippen molar-refractivity contribution >= 4 is 15.6 Å². The van der Waals surface area contributed by atoms with Gasteiger partial charge in [-0.2, -0.15) is 74.6 Å². The average molecular weight is 590 g/mol. The molecule has 0 bridgehead atoms. The fourth-order valence-corrected chi connectivity index (χ4v) is 2.20. The Labute approximate surface area is 178 Å². The van der Waals surface area contributed by atoms with Crippen LogP contribution in [0.4, 0.5) is 79.0 Å². The molecule has 0 fully saturated rings. The molecule has 0 aromatic rings. The first-order valence-corrected chi connectivity index (χ1v) is 9.09. The van der Waals surface area contributed by atoms with Crippen molar-refractivity contribution in [2.75, 3.05) is 11.8 Å². The van der Waals surface area contributed by atoms with Gasteiger partial charge in [-0.05, 0) is 0 Å². The first kappa shape index (κ1) is 33.3. The SMILES string of the molecule is O=C(CS(=O)(=O)CF)C(F)(OC(F)(F)C(F)(OC(F)(F)C(F)(F)C(F)(F)F)C(F)(F)F)C(F)(F)F. The summed E-state index contributed by atoms with van der Waals surface area (Å²) in [6.45, 7) is 0. The summed E-state index contributed by atoms with van der Waals surface area (Å²) in [4.78, 5) is 11.2. The molecule has 2 unspecified atom stereocenters. The number of Topliss-reactive ketones (excluding diaryl/α,β-unsaturated/α-hetero) is 1. The highest BCUT2D eigenvalue weighted by Crippen LogP contribution is 2.56. The maximum atomic E-state index is 14.0. The van der Waals surface area contributed by atoms with Crippen molar-refractivity contribution < 1.29 is 102 Å². The first-order chi connectivity index (χ1) is 14.9. The predicted octanol–water partition coefficient (Wildman–Crippen LogP) is 4.77. The van der Waals surface area contributed by atoms with Crippen LogP contribution in [0.25, 0.3) is 0 Å². The Morgan fingerprint density at radius 1 is 0.600 bits per heavy atom. The van der Waals surface area contributed by atoms with Gasteiger partial charge in [0.25, 0.3) is 0 Å². The number of carbonyl (C=O) groups is 1. The van der Waals surface area contributed by atoms with Crippen LogP contribution in [-0.2, 0) is 24.1 Å². The van der Waals surface area contributed by atoms with Crippen LogP contribution in [-0.4, -0.2) is 74.3 Å². The lowest BCUT2D eigenvalue weighted by atomic mass is 10.2.